The first kappa shape index (κ1) is 9.16. The Morgan fingerprint density at radius 1 is 0.875 bits per heavy atom. The van der Waals surface area contributed by atoms with E-state index in [1.807, 2.05) is 24.4 Å². The third-order valence-corrected chi connectivity index (χ3v) is 2.73. The first-order valence-electron chi connectivity index (χ1n) is 5.39. The number of nitrogens with zero attached hydrogens (tertiary/aromatic N) is 2. The third kappa shape index (κ3) is 1.48. The average Bonchev–Trinajstić information content (AvgIpc) is 2.39. The standard InChI is InChI=1S/C14H12N2/c1-2-6-12(7-3-1)16-11-10-15-13-8-4-5-9-14(13)16/h1-10H,11H2. The van der Waals surface area contributed by atoms with Crippen molar-refractivity contribution in [3.63, 3.8) is 0 Å². The summed E-state index contributed by atoms with van der Waals surface area (Å²) in [6.45, 7) is 0.834. The van der Waals surface area contributed by atoms with Crippen molar-refractivity contribution in [3.8, 4) is 0 Å². The summed E-state index contributed by atoms with van der Waals surface area (Å²) in [6.07, 6.45) is 1.95. The Bertz CT molecular complexity index is 517. The zero-order valence-corrected chi connectivity index (χ0v) is 8.88. The summed E-state index contributed by atoms with van der Waals surface area (Å²) in [6, 6.07) is 18.6. The van der Waals surface area contributed by atoms with Gasteiger partial charge < -0.3 is 4.90 Å². The lowest BCUT2D eigenvalue weighted by molar-refractivity contribution is 1.12. The Hall–Kier alpha value is -2.09. The molecular formula is C14H12N2. The molecule has 0 N–H and O–H groups in total. The van der Waals surface area contributed by atoms with E-state index in [9.17, 15) is 0 Å². The molecule has 0 saturated heterocycles. The van der Waals surface area contributed by atoms with Crippen molar-refractivity contribution < 1.29 is 0 Å². The molecule has 0 saturated carbocycles. The van der Waals surface area contributed by atoms with E-state index < -0.39 is 0 Å². The van der Waals surface area contributed by atoms with Gasteiger partial charge in [-0.25, -0.2) is 0 Å². The van der Waals surface area contributed by atoms with Crippen LogP contribution in [-0.2, 0) is 0 Å². The molecule has 2 heteroatoms. The molecule has 0 unspecified atom stereocenters. The van der Waals surface area contributed by atoms with Gasteiger partial charge in [0.2, 0.25) is 0 Å². The van der Waals surface area contributed by atoms with Gasteiger partial charge in [0.25, 0.3) is 0 Å². The van der Waals surface area contributed by atoms with Gasteiger partial charge in [-0.3, -0.25) is 4.99 Å². The Morgan fingerprint density at radius 2 is 1.62 bits per heavy atom. The summed E-state index contributed by atoms with van der Waals surface area (Å²) >= 11 is 0. The van der Waals surface area contributed by atoms with Crippen molar-refractivity contribution in [1.82, 2.24) is 0 Å². The minimum atomic E-state index is 0.834. The van der Waals surface area contributed by atoms with Crippen LogP contribution < -0.4 is 4.90 Å². The molecule has 1 aliphatic rings. The molecule has 0 bridgehead atoms. The molecule has 0 atom stereocenters. The highest BCUT2D eigenvalue weighted by Crippen LogP contribution is 2.35. The predicted octanol–water partition coefficient (Wildman–Crippen LogP) is 3.54. The normalized spacial score (nSPS) is 13.6. The number of hydrogen-bond donors (Lipinski definition) is 0. The first-order valence-corrected chi connectivity index (χ1v) is 5.39. The summed E-state index contributed by atoms with van der Waals surface area (Å²) in [4.78, 5) is 6.67. The van der Waals surface area contributed by atoms with Crippen LogP contribution in [0.15, 0.2) is 59.6 Å². The number of para-hydroxylation sites is 3. The summed E-state index contributed by atoms with van der Waals surface area (Å²) in [5.74, 6) is 0. The smallest absolute Gasteiger partial charge is 0.0863 e. The maximum Gasteiger partial charge on any atom is 0.0863 e. The van der Waals surface area contributed by atoms with Gasteiger partial charge in [0.1, 0.15) is 0 Å². The lowest BCUT2D eigenvalue weighted by Crippen LogP contribution is -2.21. The molecule has 0 spiro atoms. The molecule has 0 fully saturated rings. The minimum absolute atomic E-state index is 0.834. The van der Waals surface area contributed by atoms with E-state index in [0.717, 1.165) is 12.2 Å². The van der Waals surface area contributed by atoms with Crippen LogP contribution in [0.5, 0.6) is 0 Å². The van der Waals surface area contributed by atoms with Crippen LogP contribution in [0.4, 0.5) is 17.1 Å². The van der Waals surface area contributed by atoms with Gasteiger partial charge in [0, 0.05) is 11.9 Å². The summed E-state index contributed by atoms with van der Waals surface area (Å²) in [5, 5.41) is 0. The van der Waals surface area contributed by atoms with E-state index in [4.69, 9.17) is 0 Å². The Kier molecular flexibility index (Phi) is 2.18. The second-order valence-corrected chi connectivity index (χ2v) is 3.75. The first-order chi connectivity index (χ1) is 7.95. The molecule has 3 rings (SSSR count). The predicted molar refractivity (Wildman–Crippen MR) is 68.0 cm³/mol. The van der Waals surface area contributed by atoms with Gasteiger partial charge in [0.15, 0.2) is 0 Å². The molecule has 2 nitrogen and oxygen atoms in total. The number of anilines is 2. The topological polar surface area (TPSA) is 15.6 Å². The van der Waals surface area contributed by atoms with Gasteiger partial charge in [0.05, 0.1) is 17.9 Å². The molecule has 1 heterocycles. The van der Waals surface area contributed by atoms with Gasteiger partial charge in [-0.05, 0) is 24.3 Å². The van der Waals surface area contributed by atoms with Gasteiger partial charge in [-0.1, -0.05) is 30.3 Å². The van der Waals surface area contributed by atoms with Crippen LogP contribution in [0, 0.1) is 0 Å². The Balaban J connectivity index is 2.09. The average molecular weight is 208 g/mol. The second-order valence-electron chi connectivity index (χ2n) is 3.75. The molecule has 1 aliphatic heterocycles. The highest BCUT2D eigenvalue weighted by molar-refractivity contribution is 5.86. The number of hydrogen-bond acceptors (Lipinski definition) is 2. The van der Waals surface area contributed by atoms with Crippen molar-refractivity contribution in [2.45, 2.75) is 0 Å². The summed E-state index contributed by atoms with van der Waals surface area (Å²) in [7, 11) is 0. The Labute approximate surface area is 94.9 Å². The molecule has 0 aromatic heterocycles. The lowest BCUT2D eigenvalue weighted by Gasteiger charge is -2.27. The van der Waals surface area contributed by atoms with E-state index in [0.29, 0.717) is 0 Å². The molecule has 0 amide bonds. The van der Waals surface area contributed by atoms with Crippen LogP contribution in [-0.4, -0.2) is 12.8 Å². The Morgan fingerprint density at radius 3 is 2.50 bits per heavy atom. The molecule has 2 aromatic carbocycles. The fraction of sp³-hybridized carbons (Fsp3) is 0.0714. The molecule has 0 aliphatic carbocycles. The minimum Gasteiger partial charge on any atom is -0.334 e. The number of aliphatic imine (C=N–C) groups is 1. The molecular weight excluding hydrogens is 196 g/mol. The zero-order chi connectivity index (χ0) is 10.8. The van der Waals surface area contributed by atoms with Gasteiger partial charge >= 0.3 is 0 Å². The van der Waals surface area contributed by atoms with Crippen molar-refractivity contribution in [3.05, 3.63) is 54.6 Å². The highest BCUT2D eigenvalue weighted by atomic mass is 15.2. The van der Waals surface area contributed by atoms with E-state index in [2.05, 4.69) is 46.3 Å². The van der Waals surface area contributed by atoms with Gasteiger partial charge in [-0.2, -0.15) is 0 Å². The van der Waals surface area contributed by atoms with Crippen LogP contribution in [0.1, 0.15) is 0 Å². The van der Waals surface area contributed by atoms with Crippen LogP contribution in [0.2, 0.25) is 0 Å². The fourth-order valence-corrected chi connectivity index (χ4v) is 1.97. The zero-order valence-electron chi connectivity index (χ0n) is 8.88. The lowest BCUT2D eigenvalue weighted by atomic mass is 10.2. The van der Waals surface area contributed by atoms with Crippen molar-refractivity contribution >= 4 is 23.3 Å². The summed E-state index contributed by atoms with van der Waals surface area (Å²) in [5.41, 5.74) is 3.43. The van der Waals surface area contributed by atoms with Crippen LogP contribution in [0.3, 0.4) is 0 Å². The molecule has 2 aromatic rings. The van der Waals surface area contributed by atoms with Gasteiger partial charge in [-0.15, -0.1) is 0 Å². The van der Waals surface area contributed by atoms with Crippen molar-refractivity contribution in [2.24, 2.45) is 4.99 Å². The van der Waals surface area contributed by atoms with Crippen molar-refractivity contribution in [2.75, 3.05) is 11.4 Å². The second kappa shape index (κ2) is 3.81. The molecule has 16 heavy (non-hydrogen) atoms. The van der Waals surface area contributed by atoms with E-state index >= 15 is 0 Å². The summed E-state index contributed by atoms with van der Waals surface area (Å²) < 4.78 is 0. The molecule has 78 valence electrons. The maximum atomic E-state index is 4.40. The van der Waals surface area contributed by atoms with Crippen LogP contribution in [0.25, 0.3) is 0 Å². The molecule has 0 radical (unpaired) electrons. The van der Waals surface area contributed by atoms with E-state index in [1.165, 1.54) is 11.4 Å². The number of benzene rings is 2. The highest BCUT2D eigenvalue weighted by Gasteiger charge is 2.14. The largest absolute Gasteiger partial charge is 0.334 e. The number of rotatable bonds is 1. The van der Waals surface area contributed by atoms with E-state index in [-0.39, 0.29) is 0 Å². The SMILES string of the molecule is C1=Nc2ccccc2N(c2ccccc2)C1. The fourth-order valence-electron chi connectivity index (χ4n) is 1.97. The quantitative estimate of drug-likeness (QED) is 0.699. The van der Waals surface area contributed by atoms with Crippen LogP contribution >= 0.6 is 0 Å². The number of fused-ring (bicyclic) bond motifs is 1. The monoisotopic (exact) mass is 208 g/mol. The third-order valence-electron chi connectivity index (χ3n) is 2.73. The van der Waals surface area contributed by atoms with Crippen molar-refractivity contribution in [1.29, 1.82) is 0 Å². The van der Waals surface area contributed by atoms with E-state index in [1.54, 1.807) is 0 Å². The maximum absolute atomic E-state index is 4.40.